The highest BCUT2D eigenvalue weighted by molar-refractivity contribution is 5.90. The number of nitrogens with zero attached hydrogens (tertiary/aromatic N) is 1. The first-order valence-electron chi connectivity index (χ1n) is 14.7. The Kier molecular flexibility index (Phi) is 9.13. The molecule has 2 aliphatic carbocycles. The highest BCUT2D eigenvalue weighted by Crippen LogP contribution is 2.65. The third kappa shape index (κ3) is 5.59. The van der Waals surface area contributed by atoms with Gasteiger partial charge in [0.2, 0.25) is 12.2 Å². The van der Waals surface area contributed by atoms with Crippen LogP contribution in [0.3, 0.4) is 0 Å². The van der Waals surface area contributed by atoms with Gasteiger partial charge in [0.15, 0.2) is 29.8 Å². The maximum atomic E-state index is 13.3. The highest BCUT2D eigenvalue weighted by atomic mass is 16.6. The number of aliphatic hydroxyl groups is 3. The average molecular weight is 680 g/mol. The molecule has 5 rings (SSSR count). The molecule has 6 N–H and O–H groups in total. The SMILES string of the molecule is COc1ccc2c3c1O[C@H]1C(OC(=O)CC(OC(=O)[C@H](O)[C@@H](O)C(=O)O)C(=O)OC(CC(=O)O)C(=O)O)=CC[C@@]4(O)[C@@H](C2)N(C)CC[C@]314. The molecule has 1 aromatic rings. The van der Waals surface area contributed by atoms with Crippen LogP contribution in [0.1, 0.15) is 36.8 Å². The lowest BCUT2D eigenvalue weighted by molar-refractivity contribution is -0.187. The van der Waals surface area contributed by atoms with E-state index in [4.69, 9.17) is 29.2 Å². The van der Waals surface area contributed by atoms with Crippen LogP contribution in [-0.2, 0) is 54.8 Å². The Hall–Kier alpha value is -4.78. The van der Waals surface area contributed by atoms with E-state index in [0.29, 0.717) is 30.9 Å². The molecule has 2 aliphatic heterocycles. The summed E-state index contributed by atoms with van der Waals surface area (Å²) in [5, 5.41) is 58.8. The Morgan fingerprint density at radius 1 is 0.979 bits per heavy atom. The number of likely N-dealkylation sites (N-methyl/N-ethyl adjacent to an activating group) is 1. The fourth-order valence-electron chi connectivity index (χ4n) is 7.11. The summed E-state index contributed by atoms with van der Waals surface area (Å²) in [6, 6.07) is 3.29. The molecule has 0 saturated carbocycles. The minimum atomic E-state index is -2.75. The fourth-order valence-corrected chi connectivity index (χ4v) is 7.11. The van der Waals surface area contributed by atoms with E-state index in [1.54, 1.807) is 6.07 Å². The number of ether oxygens (including phenoxy) is 5. The first-order valence-corrected chi connectivity index (χ1v) is 14.7. The van der Waals surface area contributed by atoms with E-state index < -0.39 is 90.2 Å². The number of aliphatic hydroxyl groups excluding tert-OH is 2. The van der Waals surface area contributed by atoms with Gasteiger partial charge < -0.3 is 59.2 Å². The minimum absolute atomic E-state index is 0.0236. The van der Waals surface area contributed by atoms with Gasteiger partial charge in [-0.3, -0.25) is 9.59 Å². The molecule has 2 bridgehead atoms. The summed E-state index contributed by atoms with van der Waals surface area (Å²) in [5.41, 5.74) is -0.808. The Balaban J connectivity index is 1.43. The van der Waals surface area contributed by atoms with Gasteiger partial charge in [-0.2, -0.15) is 0 Å². The second kappa shape index (κ2) is 12.7. The van der Waals surface area contributed by atoms with Gasteiger partial charge >= 0.3 is 35.8 Å². The number of benzene rings is 1. The standard InChI is InChI=1S/C30H33NO17/c1-31-8-7-29-20-12-3-4-13(44-2)23(20)48-24(29)14(5-6-30(29,43)17(31)9-12)45-19(34)11-16(47-28(42)22(36)21(35)26(39)40)27(41)46-15(25(37)38)10-18(32)33/h3-5,15-17,21-22,24,35-36,43H,6-11H2,1-2H3,(H,32,33)(H,37,38)(H,39,40)/t15?,16?,17-,21-,22-,24+,29+,30-/m1/s1. The summed E-state index contributed by atoms with van der Waals surface area (Å²) >= 11 is 0. The Labute approximate surface area is 271 Å². The number of carbonyl (C=O) groups excluding carboxylic acids is 3. The number of carboxylic acid groups (broad SMARTS) is 3. The van der Waals surface area contributed by atoms with E-state index in [1.807, 2.05) is 18.0 Å². The first kappa shape index (κ1) is 34.6. The number of hydrogen-bond acceptors (Lipinski definition) is 15. The van der Waals surface area contributed by atoms with E-state index in [9.17, 15) is 49.2 Å². The number of esters is 3. The zero-order chi connectivity index (χ0) is 35.3. The number of methoxy groups -OCH3 is 1. The highest BCUT2D eigenvalue weighted by Gasteiger charge is 2.72. The largest absolute Gasteiger partial charge is 0.493 e. The monoisotopic (exact) mass is 679 g/mol. The molecular weight excluding hydrogens is 646 g/mol. The second-order valence-electron chi connectivity index (χ2n) is 12.0. The van der Waals surface area contributed by atoms with Crippen molar-refractivity contribution in [3.05, 3.63) is 35.1 Å². The van der Waals surface area contributed by atoms with E-state index in [0.717, 1.165) is 11.1 Å². The average Bonchev–Trinajstić information content (AvgIpc) is 3.38. The normalized spacial score (nSPS) is 27.5. The van der Waals surface area contributed by atoms with E-state index >= 15 is 0 Å². The van der Waals surface area contributed by atoms with Gasteiger partial charge in [0.25, 0.3) is 0 Å². The van der Waals surface area contributed by atoms with Crippen LogP contribution in [0.15, 0.2) is 24.0 Å². The second-order valence-corrected chi connectivity index (χ2v) is 12.0. The van der Waals surface area contributed by atoms with Gasteiger partial charge in [-0.25, -0.2) is 19.2 Å². The Bertz CT molecular complexity index is 1590. The van der Waals surface area contributed by atoms with Crippen molar-refractivity contribution >= 4 is 35.8 Å². The number of carboxylic acids is 3. The molecule has 2 heterocycles. The van der Waals surface area contributed by atoms with E-state index in [1.165, 1.54) is 13.2 Å². The smallest absolute Gasteiger partial charge is 0.348 e. The van der Waals surface area contributed by atoms with Crippen molar-refractivity contribution < 1.29 is 83.1 Å². The fraction of sp³-hybridized carbons (Fsp3) is 0.533. The molecule has 1 aromatic carbocycles. The van der Waals surface area contributed by atoms with Crippen molar-refractivity contribution in [1.82, 2.24) is 4.90 Å². The van der Waals surface area contributed by atoms with E-state index in [-0.39, 0.29) is 18.2 Å². The minimum Gasteiger partial charge on any atom is -0.493 e. The van der Waals surface area contributed by atoms with Gasteiger partial charge in [0.1, 0.15) is 5.76 Å². The zero-order valence-electron chi connectivity index (χ0n) is 25.6. The number of piperidine rings is 1. The van der Waals surface area contributed by atoms with Crippen LogP contribution in [-0.4, -0.2) is 134 Å². The van der Waals surface area contributed by atoms with Gasteiger partial charge in [0, 0.05) is 18.0 Å². The predicted molar refractivity (Wildman–Crippen MR) is 151 cm³/mol. The van der Waals surface area contributed by atoms with Crippen LogP contribution in [0.5, 0.6) is 11.5 Å². The number of aliphatic carboxylic acids is 3. The van der Waals surface area contributed by atoms with E-state index in [2.05, 4.69) is 4.74 Å². The van der Waals surface area contributed by atoms with Gasteiger partial charge in [-0.15, -0.1) is 0 Å². The lowest BCUT2D eigenvalue weighted by Crippen LogP contribution is -2.74. The van der Waals surface area contributed by atoms with Gasteiger partial charge in [-0.05, 0) is 44.1 Å². The number of rotatable bonds is 13. The van der Waals surface area contributed by atoms with Crippen molar-refractivity contribution in [3.63, 3.8) is 0 Å². The molecule has 18 nitrogen and oxygen atoms in total. The molecule has 4 aliphatic rings. The molecule has 48 heavy (non-hydrogen) atoms. The molecule has 8 atom stereocenters. The predicted octanol–water partition coefficient (Wildman–Crippen LogP) is -1.90. The summed E-state index contributed by atoms with van der Waals surface area (Å²) in [5.74, 6) is -9.85. The summed E-state index contributed by atoms with van der Waals surface area (Å²) in [7, 11) is 3.34. The lowest BCUT2D eigenvalue weighted by atomic mass is 9.50. The molecule has 18 heteroatoms. The molecule has 2 unspecified atom stereocenters. The lowest BCUT2D eigenvalue weighted by Gasteiger charge is -2.61. The summed E-state index contributed by atoms with van der Waals surface area (Å²) in [4.78, 5) is 74.3. The first-order chi connectivity index (χ1) is 22.5. The summed E-state index contributed by atoms with van der Waals surface area (Å²) in [6.07, 6.45) is -11.2. The molecule has 0 aromatic heterocycles. The summed E-state index contributed by atoms with van der Waals surface area (Å²) in [6.45, 7) is 0.555. The van der Waals surface area contributed by atoms with Crippen LogP contribution < -0.4 is 9.47 Å². The van der Waals surface area contributed by atoms with Crippen molar-refractivity contribution in [1.29, 1.82) is 0 Å². The molecule has 1 saturated heterocycles. The van der Waals surface area contributed by atoms with Gasteiger partial charge in [0.05, 0.1) is 31.0 Å². The molecule has 1 spiro atoms. The maximum Gasteiger partial charge on any atom is 0.348 e. The molecule has 0 radical (unpaired) electrons. The van der Waals surface area contributed by atoms with Crippen LogP contribution in [0.25, 0.3) is 0 Å². The Morgan fingerprint density at radius 3 is 2.29 bits per heavy atom. The maximum absolute atomic E-state index is 13.3. The third-order valence-electron chi connectivity index (χ3n) is 9.35. The van der Waals surface area contributed by atoms with Crippen molar-refractivity contribution in [2.24, 2.45) is 0 Å². The van der Waals surface area contributed by atoms with Crippen LogP contribution in [0.2, 0.25) is 0 Å². The topological polar surface area (TPSA) is 273 Å². The zero-order valence-corrected chi connectivity index (χ0v) is 25.6. The molecule has 0 amide bonds. The van der Waals surface area contributed by atoms with Crippen molar-refractivity contribution in [3.8, 4) is 11.5 Å². The number of hydrogen-bond donors (Lipinski definition) is 6. The summed E-state index contributed by atoms with van der Waals surface area (Å²) < 4.78 is 26.9. The number of likely N-dealkylation sites (tertiary alicyclic amines) is 1. The number of carbonyl (C=O) groups is 6. The molecule has 1 fully saturated rings. The van der Waals surface area contributed by atoms with Crippen molar-refractivity contribution in [2.45, 2.75) is 79.7 Å². The third-order valence-corrected chi connectivity index (χ3v) is 9.35. The van der Waals surface area contributed by atoms with Crippen LogP contribution >= 0.6 is 0 Å². The van der Waals surface area contributed by atoms with Gasteiger partial charge in [-0.1, -0.05) is 6.07 Å². The quantitative estimate of drug-likeness (QED) is 0.0980. The van der Waals surface area contributed by atoms with Crippen LogP contribution in [0, 0.1) is 0 Å². The van der Waals surface area contributed by atoms with Crippen LogP contribution in [0.4, 0.5) is 0 Å². The molecular formula is C30H33NO17. The molecule has 260 valence electrons. The van der Waals surface area contributed by atoms with Crippen molar-refractivity contribution in [2.75, 3.05) is 20.7 Å². The Morgan fingerprint density at radius 2 is 1.67 bits per heavy atom.